The van der Waals surface area contributed by atoms with Gasteiger partial charge in [-0.1, -0.05) is 12.1 Å². The molecule has 5 rings (SSSR count). The summed E-state index contributed by atoms with van der Waals surface area (Å²) in [5.41, 5.74) is 3.40. The molecule has 0 N–H and O–H groups in total. The van der Waals surface area contributed by atoms with E-state index in [2.05, 4.69) is 33.2 Å². The molecule has 0 spiro atoms. The molecule has 0 saturated carbocycles. The van der Waals surface area contributed by atoms with Crippen molar-refractivity contribution in [3.63, 3.8) is 0 Å². The zero-order valence-electron chi connectivity index (χ0n) is 20.2. The third-order valence-electron chi connectivity index (χ3n) is 6.75. The van der Waals surface area contributed by atoms with Crippen LogP contribution in [0.5, 0.6) is 0 Å². The van der Waals surface area contributed by atoms with Gasteiger partial charge < -0.3 is 9.32 Å². The molecule has 2 aliphatic rings. The molecule has 0 saturated heterocycles. The minimum absolute atomic E-state index is 0.0217. The molecule has 186 valence electrons. The maximum absolute atomic E-state index is 13.5. The lowest BCUT2D eigenvalue weighted by atomic mass is 9.76. The molecule has 1 aromatic carbocycles. The van der Waals surface area contributed by atoms with E-state index < -0.39 is 17.7 Å². The molecular formula is C26H25F2N5O3. The number of hydrogen-bond donors (Lipinski definition) is 0. The van der Waals surface area contributed by atoms with E-state index in [1.54, 1.807) is 18.2 Å². The molecule has 2 aliphatic heterocycles. The minimum atomic E-state index is -2.86. The normalized spacial score (nSPS) is 17.9. The number of fused-ring (bicyclic) bond motifs is 1. The summed E-state index contributed by atoms with van der Waals surface area (Å²) in [5, 5.41) is 6.91. The minimum Gasteiger partial charge on any atom is -0.415 e. The molecule has 10 heteroatoms. The summed E-state index contributed by atoms with van der Waals surface area (Å²) in [6, 6.07) is 8.90. The first-order chi connectivity index (χ1) is 17.1. The highest BCUT2D eigenvalue weighted by Gasteiger charge is 2.44. The van der Waals surface area contributed by atoms with Gasteiger partial charge in [0.2, 0.25) is 11.8 Å². The molecule has 4 heterocycles. The van der Waals surface area contributed by atoms with E-state index in [1.165, 1.54) is 16.7 Å². The van der Waals surface area contributed by atoms with Crippen molar-refractivity contribution in [2.75, 3.05) is 20.1 Å². The number of aromatic nitrogens is 3. The van der Waals surface area contributed by atoms with Gasteiger partial charge in [-0.3, -0.25) is 19.5 Å². The molecule has 0 bridgehead atoms. The highest BCUT2D eigenvalue weighted by atomic mass is 19.3. The van der Waals surface area contributed by atoms with Crippen LogP contribution in [0.15, 0.2) is 47.0 Å². The second-order valence-corrected chi connectivity index (χ2v) is 9.61. The molecule has 0 radical (unpaired) electrons. The first-order valence-corrected chi connectivity index (χ1v) is 11.6. The van der Waals surface area contributed by atoms with E-state index in [0.717, 1.165) is 30.6 Å². The summed E-state index contributed by atoms with van der Waals surface area (Å²) in [5.74, 6) is -1.53. The highest BCUT2D eigenvalue weighted by molar-refractivity contribution is 6.13. The van der Waals surface area contributed by atoms with Crippen LogP contribution in [-0.2, 0) is 16.8 Å². The number of carbonyl (C=O) groups is 2. The van der Waals surface area contributed by atoms with Gasteiger partial charge in [-0.25, -0.2) is 0 Å². The molecule has 0 unspecified atom stereocenters. The van der Waals surface area contributed by atoms with Gasteiger partial charge in [0, 0.05) is 24.8 Å². The van der Waals surface area contributed by atoms with Crippen molar-refractivity contribution in [2.45, 2.75) is 38.7 Å². The number of hydrogen-bond acceptors (Lipinski definition) is 7. The van der Waals surface area contributed by atoms with Crippen LogP contribution in [0, 0.1) is 0 Å². The number of likely N-dealkylation sites (N-methyl/N-ethyl adjacent to an activating group) is 1. The van der Waals surface area contributed by atoms with E-state index in [0.29, 0.717) is 16.8 Å². The monoisotopic (exact) mass is 493 g/mol. The van der Waals surface area contributed by atoms with Crippen LogP contribution in [-0.4, -0.2) is 56.9 Å². The summed E-state index contributed by atoms with van der Waals surface area (Å²) in [6.45, 7) is 5.46. The van der Waals surface area contributed by atoms with Crippen LogP contribution in [0.25, 0.3) is 17.0 Å². The number of alkyl halides is 2. The Morgan fingerprint density at radius 1 is 1.11 bits per heavy atom. The van der Waals surface area contributed by atoms with Crippen molar-refractivity contribution in [2.24, 2.45) is 0 Å². The van der Waals surface area contributed by atoms with E-state index in [1.807, 2.05) is 26.0 Å². The van der Waals surface area contributed by atoms with Gasteiger partial charge in [0.15, 0.2) is 0 Å². The second kappa shape index (κ2) is 9.02. The quantitative estimate of drug-likeness (QED) is 0.491. The van der Waals surface area contributed by atoms with E-state index in [9.17, 15) is 18.4 Å². The van der Waals surface area contributed by atoms with Crippen molar-refractivity contribution >= 4 is 17.4 Å². The number of pyridine rings is 1. The Bertz CT molecular complexity index is 1360. The van der Waals surface area contributed by atoms with E-state index >= 15 is 0 Å². The Morgan fingerprint density at radius 3 is 2.53 bits per heavy atom. The molecule has 2 aromatic heterocycles. The fraction of sp³-hybridized carbons (Fsp3) is 0.346. The average Bonchev–Trinajstić information content (AvgIpc) is 3.37. The van der Waals surface area contributed by atoms with Gasteiger partial charge in [-0.15, -0.1) is 10.2 Å². The zero-order chi connectivity index (χ0) is 25.6. The molecule has 0 fully saturated rings. The number of amides is 2. The lowest BCUT2D eigenvalue weighted by Crippen LogP contribution is -2.51. The second-order valence-electron chi connectivity index (χ2n) is 9.61. The van der Waals surface area contributed by atoms with Gasteiger partial charge in [0.05, 0.1) is 23.2 Å². The van der Waals surface area contributed by atoms with Crippen molar-refractivity contribution in [3.05, 3.63) is 70.9 Å². The van der Waals surface area contributed by atoms with Crippen LogP contribution in [0.3, 0.4) is 0 Å². The first kappa shape index (κ1) is 23.9. The van der Waals surface area contributed by atoms with Crippen molar-refractivity contribution in [1.82, 2.24) is 25.0 Å². The lowest BCUT2D eigenvalue weighted by molar-refractivity contribution is -0.134. The number of rotatable bonds is 5. The van der Waals surface area contributed by atoms with Crippen molar-refractivity contribution < 1.29 is 22.8 Å². The predicted octanol–water partition coefficient (Wildman–Crippen LogP) is 4.25. The number of imide groups is 1. The van der Waals surface area contributed by atoms with E-state index in [4.69, 9.17) is 4.42 Å². The SMILES string of the molecule is CN1CC=C(c2ccc3c(c2)C(C)(C)C(=O)N(Cc2ccc(-c4nnc(C(F)F)o4)cn2)C3=O)CC1. The zero-order valence-corrected chi connectivity index (χ0v) is 20.2. The fourth-order valence-corrected chi connectivity index (χ4v) is 4.56. The fourth-order valence-electron chi connectivity index (χ4n) is 4.56. The van der Waals surface area contributed by atoms with E-state index in [-0.39, 0.29) is 24.2 Å². The topological polar surface area (TPSA) is 92.4 Å². The third-order valence-corrected chi connectivity index (χ3v) is 6.75. The van der Waals surface area contributed by atoms with Gasteiger partial charge in [-0.2, -0.15) is 8.78 Å². The van der Waals surface area contributed by atoms with Crippen LogP contribution in [0.2, 0.25) is 0 Å². The van der Waals surface area contributed by atoms with Gasteiger partial charge in [0.1, 0.15) is 0 Å². The van der Waals surface area contributed by atoms with Crippen LogP contribution in [0.1, 0.15) is 59.8 Å². The summed E-state index contributed by atoms with van der Waals surface area (Å²) < 4.78 is 30.4. The number of benzene rings is 1. The van der Waals surface area contributed by atoms with Crippen LogP contribution in [0.4, 0.5) is 8.78 Å². The molecule has 2 amide bonds. The first-order valence-electron chi connectivity index (χ1n) is 11.6. The summed E-state index contributed by atoms with van der Waals surface area (Å²) >= 11 is 0. The highest BCUT2D eigenvalue weighted by Crippen LogP contribution is 2.37. The molecule has 36 heavy (non-hydrogen) atoms. The Balaban J connectivity index is 1.39. The molecule has 3 aromatic rings. The Labute approximate surface area is 206 Å². The van der Waals surface area contributed by atoms with Crippen molar-refractivity contribution in [3.8, 4) is 11.5 Å². The lowest BCUT2D eigenvalue weighted by Gasteiger charge is -2.37. The van der Waals surface area contributed by atoms with Gasteiger partial charge >= 0.3 is 6.43 Å². The van der Waals surface area contributed by atoms with Gasteiger partial charge in [-0.05, 0) is 68.3 Å². The number of nitrogens with zero attached hydrogens (tertiary/aromatic N) is 5. The summed E-state index contributed by atoms with van der Waals surface area (Å²) in [6.07, 6.45) is 1.63. The maximum Gasteiger partial charge on any atom is 0.314 e. The number of halogens is 2. The van der Waals surface area contributed by atoms with Crippen molar-refractivity contribution in [1.29, 1.82) is 0 Å². The maximum atomic E-state index is 13.5. The Hall–Kier alpha value is -3.79. The molecule has 8 nitrogen and oxygen atoms in total. The summed E-state index contributed by atoms with van der Waals surface area (Å²) in [4.78, 5) is 34.5. The Kier molecular flexibility index (Phi) is 5.99. The summed E-state index contributed by atoms with van der Waals surface area (Å²) in [7, 11) is 2.08. The largest absolute Gasteiger partial charge is 0.415 e. The average molecular weight is 494 g/mol. The van der Waals surface area contributed by atoms with Gasteiger partial charge in [0.25, 0.3) is 11.8 Å². The molecule has 0 aliphatic carbocycles. The molecule has 0 atom stereocenters. The predicted molar refractivity (Wildman–Crippen MR) is 127 cm³/mol. The molecular weight excluding hydrogens is 468 g/mol. The third kappa shape index (κ3) is 4.21. The van der Waals surface area contributed by atoms with Crippen LogP contribution >= 0.6 is 0 Å². The Morgan fingerprint density at radius 2 is 1.89 bits per heavy atom. The smallest absolute Gasteiger partial charge is 0.314 e. The van der Waals surface area contributed by atoms with Crippen LogP contribution < -0.4 is 0 Å². The standard InChI is InChI=1S/C26H25F2N5O3/c1-26(2)20-12-16(15-8-10-32(3)11-9-15)5-7-19(20)24(34)33(25(26)35)14-18-6-4-17(13-29-18)22-30-31-23(36-22)21(27)28/h4-8,12-13,21H,9-11,14H2,1-3H3. The number of carbonyl (C=O) groups excluding carboxylic acids is 2.